The molecule has 0 N–H and O–H groups in total. The second-order valence-corrected chi connectivity index (χ2v) is 6.58. The van der Waals surface area contributed by atoms with Crippen LogP contribution in [-0.4, -0.2) is 26.1 Å². The first-order valence-corrected chi connectivity index (χ1v) is 8.60. The largest absolute Gasteiger partial charge is 0.493 e. The van der Waals surface area contributed by atoms with Crippen LogP contribution in [0.25, 0.3) is 6.08 Å². The lowest BCUT2D eigenvalue weighted by Gasteiger charge is -2.10. The molecular weight excluding hydrogens is 448 g/mol. The molecule has 0 aliphatic carbocycles. The summed E-state index contributed by atoms with van der Waals surface area (Å²) in [6, 6.07) is 4.94. The van der Waals surface area contributed by atoms with Gasteiger partial charge < -0.3 is 14.2 Å². The van der Waals surface area contributed by atoms with Crippen molar-refractivity contribution in [1.29, 1.82) is 0 Å². The van der Waals surface area contributed by atoms with Crippen LogP contribution in [0.5, 0.6) is 11.5 Å². The van der Waals surface area contributed by atoms with E-state index in [-0.39, 0.29) is 22.2 Å². The van der Waals surface area contributed by atoms with E-state index in [4.69, 9.17) is 25.8 Å². The first-order valence-electron chi connectivity index (χ1n) is 7.43. The number of aliphatic imine (C=N–C) groups is 1. The number of nitrogens with zero attached hydrogens (tertiary/aromatic N) is 1. The number of methoxy groups -OCH3 is 2. The minimum atomic E-state index is -1.13. The highest BCUT2D eigenvalue weighted by Gasteiger charge is 2.27. The van der Waals surface area contributed by atoms with Gasteiger partial charge in [0.25, 0.3) is 0 Å². The molecule has 0 saturated heterocycles. The van der Waals surface area contributed by atoms with Gasteiger partial charge in [-0.1, -0.05) is 11.6 Å². The SMILES string of the molecule is COc1cc(/C=C2/N=C(c3cc(F)c(F)cc3Cl)OC2=O)cc(Br)c1OC. The summed E-state index contributed by atoms with van der Waals surface area (Å²) in [5.74, 6) is -2.27. The molecule has 5 nitrogen and oxygen atoms in total. The molecule has 0 spiro atoms. The third kappa shape index (κ3) is 3.81. The number of benzene rings is 2. The molecule has 0 aromatic heterocycles. The van der Waals surface area contributed by atoms with E-state index in [0.29, 0.717) is 21.5 Å². The van der Waals surface area contributed by atoms with Crippen molar-refractivity contribution < 1.29 is 27.8 Å². The molecule has 1 heterocycles. The molecule has 9 heteroatoms. The number of rotatable bonds is 4. The standard InChI is InChI=1S/C18H11BrClF2NO4/c1-25-15-5-8(3-10(19)16(15)26-2)4-14-18(24)27-17(23-14)9-6-12(21)13(22)7-11(9)20/h3-7H,1-2H3/b14-4+. The molecule has 0 amide bonds. The second kappa shape index (κ2) is 7.66. The van der Waals surface area contributed by atoms with Crippen LogP contribution >= 0.6 is 27.5 Å². The summed E-state index contributed by atoms with van der Waals surface area (Å²) in [6.45, 7) is 0. The van der Waals surface area contributed by atoms with E-state index in [1.54, 1.807) is 12.1 Å². The van der Waals surface area contributed by atoms with Crippen LogP contribution in [0.3, 0.4) is 0 Å². The van der Waals surface area contributed by atoms with Gasteiger partial charge in [0, 0.05) is 0 Å². The van der Waals surface area contributed by atoms with Crippen molar-refractivity contribution in [1.82, 2.24) is 0 Å². The summed E-state index contributed by atoms with van der Waals surface area (Å²) in [6.07, 6.45) is 1.45. The molecule has 0 bridgehead atoms. The van der Waals surface area contributed by atoms with Crippen LogP contribution in [0, 0.1) is 11.6 Å². The number of cyclic esters (lactones) is 1. The van der Waals surface area contributed by atoms with Crippen molar-refractivity contribution in [3.8, 4) is 11.5 Å². The first kappa shape index (κ1) is 19.3. The minimum absolute atomic E-state index is 0.0270. The number of hydrogen-bond acceptors (Lipinski definition) is 5. The molecule has 0 atom stereocenters. The average molecular weight is 459 g/mol. The van der Waals surface area contributed by atoms with Crippen molar-refractivity contribution in [3.63, 3.8) is 0 Å². The summed E-state index contributed by atoms with van der Waals surface area (Å²) < 4.78 is 42.8. The van der Waals surface area contributed by atoms with E-state index >= 15 is 0 Å². The molecule has 0 radical (unpaired) electrons. The highest BCUT2D eigenvalue weighted by atomic mass is 79.9. The summed E-state index contributed by atoms with van der Waals surface area (Å²) in [7, 11) is 2.98. The zero-order valence-corrected chi connectivity index (χ0v) is 16.3. The van der Waals surface area contributed by atoms with Gasteiger partial charge in [0.2, 0.25) is 5.90 Å². The van der Waals surface area contributed by atoms with Crippen LogP contribution in [0.1, 0.15) is 11.1 Å². The summed E-state index contributed by atoms with van der Waals surface area (Å²) in [4.78, 5) is 16.1. The van der Waals surface area contributed by atoms with E-state index in [0.717, 1.165) is 12.1 Å². The lowest BCUT2D eigenvalue weighted by molar-refractivity contribution is -0.129. The molecule has 0 fully saturated rings. The van der Waals surface area contributed by atoms with E-state index in [2.05, 4.69) is 20.9 Å². The maximum Gasteiger partial charge on any atom is 0.363 e. The Morgan fingerprint density at radius 2 is 1.85 bits per heavy atom. The van der Waals surface area contributed by atoms with Gasteiger partial charge in [-0.3, -0.25) is 0 Å². The fourth-order valence-electron chi connectivity index (χ4n) is 2.39. The molecule has 2 aromatic rings. The average Bonchev–Trinajstić information content (AvgIpc) is 2.97. The number of ether oxygens (including phenoxy) is 3. The smallest absolute Gasteiger partial charge is 0.363 e. The van der Waals surface area contributed by atoms with Crippen LogP contribution < -0.4 is 9.47 Å². The van der Waals surface area contributed by atoms with Crippen LogP contribution in [0.15, 0.2) is 39.4 Å². The number of carbonyl (C=O) groups excluding carboxylic acids is 1. The van der Waals surface area contributed by atoms with Gasteiger partial charge in [-0.15, -0.1) is 0 Å². The Hall–Kier alpha value is -2.45. The Balaban J connectivity index is 2.02. The quantitative estimate of drug-likeness (QED) is 0.377. The number of carbonyl (C=O) groups is 1. The van der Waals surface area contributed by atoms with Crippen molar-refractivity contribution in [3.05, 3.63) is 62.2 Å². The van der Waals surface area contributed by atoms with Crippen LogP contribution in [0.2, 0.25) is 5.02 Å². The molecule has 27 heavy (non-hydrogen) atoms. The highest BCUT2D eigenvalue weighted by molar-refractivity contribution is 9.10. The molecule has 1 aliphatic heterocycles. The van der Waals surface area contributed by atoms with Crippen molar-refractivity contribution in [2.24, 2.45) is 4.99 Å². The molecular formula is C18H11BrClF2NO4. The second-order valence-electron chi connectivity index (χ2n) is 5.32. The van der Waals surface area contributed by atoms with Gasteiger partial charge in [0.05, 0.1) is 29.3 Å². The topological polar surface area (TPSA) is 57.1 Å². The van der Waals surface area contributed by atoms with Gasteiger partial charge >= 0.3 is 5.97 Å². The normalized spacial score (nSPS) is 15.0. The summed E-state index contributed by atoms with van der Waals surface area (Å²) >= 11 is 9.25. The predicted molar refractivity (Wildman–Crippen MR) is 99.2 cm³/mol. The van der Waals surface area contributed by atoms with Crippen molar-refractivity contribution in [2.75, 3.05) is 14.2 Å². The Morgan fingerprint density at radius 1 is 1.15 bits per heavy atom. The van der Waals surface area contributed by atoms with E-state index in [1.807, 2.05) is 0 Å². The van der Waals surface area contributed by atoms with E-state index in [1.165, 1.54) is 20.3 Å². The maximum atomic E-state index is 13.5. The number of esters is 1. The fourth-order valence-corrected chi connectivity index (χ4v) is 3.24. The Labute approximate surface area is 166 Å². The number of halogens is 4. The lowest BCUT2D eigenvalue weighted by atomic mass is 10.1. The summed E-state index contributed by atoms with van der Waals surface area (Å²) in [5, 5.41) is -0.129. The monoisotopic (exact) mass is 457 g/mol. The highest BCUT2D eigenvalue weighted by Crippen LogP contribution is 2.37. The zero-order chi connectivity index (χ0) is 19.7. The maximum absolute atomic E-state index is 13.5. The molecule has 2 aromatic carbocycles. The summed E-state index contributed by atoms with van der Waals surface area (Å²) in [5.41, 5.74) is 0.513. The minimum Gasteiger partial charge on any atom is -0.493 e. The van der Waals surface area contributed by atoms with Crippen molar-refractivity contribution >= 4 is 45.5 Å². The van der Waals surface area contributed by atoms with E-state index in [9.17, 15) is 13.6 Å². The predicted octanol–water partition coefficient (Wildman–Crippen LogP) is 4.74. The van der Waals surface area contributed by atoms with Gasteiger partial charge in [-0.2, -0.15) is 0 Å². The first-order chi connectivity index (χ1) is 12.8. The number of hydrogen-bond donors (Lipinski definition) is 0. The Morgan fingerprint density at radius 3 is 2.52 bits per heavy atom. The van der Waals surface area contributed by atoms with Gasteiger partial charge in [0.15, 0.2) is 28.8 Å². The van der Waals surface area contributed by atoms with Crippen LogP contribution in [-0.2, 0) is 9.53 Å². The Kier molecular flexibility index (Phi) is 5.48. The van der Waals surface area contributed by atoms with Crippen LogP contribution in [0.4, 0.5) is 8.78 Å². The van der Waals surface area contributed by atoms with Gasteiger partial charge in [-0.25, -0.2) is 18.6 Å². The van der Waals surface area contributed by atoms with E-state index < -0.39 is 17.6 Å². The zero-order valence-electron chi connectivity index (χ0n) is 14.0. The molecule has 0 saturated carbocycles. The third-order valence-corrected chi connectivity index (χ3v) is 4.52. The van der Waals surface area contributed by atoms with Crippen molar-refractivity contribution in [2.45, 2.75) is 0 Å². The molecule has 1 aliphatic rings. The molecule has 140 valence electrons. The Bertz CT molecular complexity index is 1010. The third-order valence-electron chi connectivity index (χ3n) is 3.62. The molecule has 0 unspecified atom stereocenters. The fraction of sp³-hybridized carbons (Fsp3) is 0.111. The van der Waals surface area contributed by atoms with Gasteiger partial charge in [0.1, 0.15) is 0 Å². The molecule has 3 rings (SSSR count). The van der Waals surface area contributed by atoms with Gasteiger partial charge in [-0.05, 0) is 51.8 Å². The lowest BCUT2D eigenvalue weighted by Crippen LogP contribution is -2.07.